The Bertz CT molecular complexity index is 772. The number of carbonyl (C=O) groups is 2. The molecule has 2 aromatic rings. The van der Waals surface area contributed by atoms with Crippen molar-refractivity contribution in [2.24, 2.45) is 0 Å². The molecule has 2 aromatic carbocycles. The van der Waals surface area contributed by atoms with Crippen molar-refractivity contribution in [3.63, 3.8) is 0 Å². The molecular formula is C23H29N3O3. The largest absolute Gasteiger partial charge is 0.494 e. The van der Waals surface area contributed by atoms with Gasteiger partial charge in [-0.05, 0) is 55.6 Å². The third-order valence-corrected chi connectivity index (χ3v) is 4.89. The Hall–Kier alpha value is -2.86. The zero-order valence-corrected chi connectivity index (χ0v) is 16.7. The number of piperidine rings is 1. The van der Waals surface area contributed by atoms with E-state index in [1.54, 1.807) is 0 Å². The molecule has 0 spiro atoms. The third kappa shape index (κ3) is 7.23. The fourth-order valence-electron chi connectivity index (χ4n) is 3.26. The van der Waals surface area contributed by atoms with E-state index in [0.717, 1.165) is 42.8 Å². The van der Waals surface area contributed by atoms with Gasteiger partial charge in [-0.1, -0.05) is 36.8 Å². The maximum Gasteiger partial charge on any atom is 0.237 e. The van der Waals surface area contributed by atoms with E-state index in [1.807, 2.05) is 54.6 Å². The van der Waals surface area contributed by atoms with E-state index in [2.05, 4.69) is 16.0 Å². The normalized spacial score (nSPS) is 16.1. The Morgan fingerprint density at radius 3 is 2.55 bits per heavy atom. The van der Waals surface area contributed by atoms with Crippen molar-refractivity contribution in [1.82, 2.24) is 10.6 Å². The van der Waals surface area contributed by atoms with Crippen molar-refractivity contribution in [1.29, 1.82) is 0 Å². The van der Waals surface area contributed by atoms with Crippen LogP contribution in [0.1, 0.15) is 37.7 Å². The number of hydrogen-bond acceptors (Lipinski definition) is 4. The topological polar surface area (TPSA) is 79.5 Å². The van der Waals surface area contributed by atoms with Crippen LogP contribution in [0.3, 0.4) is 0 Å². The van der Waals surface area contributed by atoms with Crippen molar-refractivity contribution in [3.8, 4) is 5.75 Å². The van der Waals surface area contributed by atoms with Gasteiger partial charge in [0.15, 0.2) is 0 Å². The van der Waals surface area contributed by atoms with Gasteiger partial charge in [0, 0.05) is 18.7 Å². The number of anilines is 1. The van der Waals surface area contributed by atoms with Crippen LogP contribution in [0.25, 0.3) is 0 Å². The highest BCUT2D eigenvalue weighted by molar-refractivity contribution is 5.90. The first-order chi connectivity index (χ1) is 14.2. The quantitative estimate of drug-likeness (QED) is 0.570. The molecule has 0 radical (unpaired) electrons. The number of nitrogens with one attached hydrogen (secondary N) is 3. The first-order valence-corrected chi connectivity index (χ1v) is 10.3. The monoisotopic (exact) mass is 395 g/mol. The van der Waals surface area contributed by atoms with Crippen molar-refractivity contribution < 1.29 is 14.3 Å². The number of hydrogen-bond donors (Lipinski definition) is 3. The number of para-hydroxylation sites is 1. The van der Waals surface area contributed by atoms with E-state index in [4.69, 9.17) is 4.74 Å². The number of benzene rings is 2. The van der Waals surface area contributed by atoms with Gasteiger partial charge in [0.05, 0.1) is 12.6 Å². The molecule has 1 saturated heterocycles. The van der Waals surface area contributed by atoms with Crippen molar-refractivity contribution in [2.45, 2.75) is 44.7 Å². The first kappa shape index (κ1) is 20.9. The standard InChI is InChI=1S/C23H29N3O3/c27-22(10-6-16-29-20-7-2-1-3-8-20)26-19-13-11-18(12-14-19)17-25-23(28)21-9-4-5-15-24-21/h1-3,7-8,11-14,21,24H,4-6,9-10,15-17H2,(H,25,28)(H,26,27). The number of ether oxygens (including phenoxy) is 1. The van der Waals surface area contributed by atoms with Crippen LogP contribution in [-0.2, 0) is 16.1 Å². The lowest BCUT2D eigenvalue weighted by atomic mass is 10.0. The predicted molar refractivity (Wildman–Crippen MR) is 114 cm³/mol. The molecule has 3 rings (SSSR count). The molecule has 0 saturated carbocycles. The van der Waals surface area contributed by atoms with Crippen LogP contribution in [0.15, 0.2) is 54.6 Å². The van der Waals surface area contributed by atoms with Gasteiger partial charge < -0.3 is 20.7 Å². The summed E-state index contributed by atoms with van der Waals surface area (Å²) in [5.74, 6) is 0.834. The van der Waals surface area contributed by atoms with Gasteiger partial charge >= 0.3 is 0 Å². The van der Waals surface area contributed by atoms with E-state index in [-0.39, 0.29) is 17.9 Å². The highest BCUT2D eigenvalue weighted by atomic mass is 16.5. The van der Waals surface area contributed by atoms with Crippen LogP contribution < -0.4 is 20.7 Å². The fraction of sp³-hybridized carbons (Fsp3) is 0.391. The summed E-state index contributed by atoms with van der Waals surface area (Å²) in [4.78, 5) is 24.2. The fourth-order valence-corrected chi connectivity index (χ4v) is 3.26. The van der Waals surface area contributed by atoms with Crippen molar-refractivity contribution >= 4 is 17.5 Å². The van der Waals surface area contributed by atoms with E-state index >= 15 is 0 Å². The van der Waals surface area contributed by atoms with Crippen LogP contribution in [0.4, 0.5) is 5.69 Å². The smallest absolute Gasteiger partial charge is 0.237 e. The van der Waals surface area contributed by atoms with Gasteiger partial charge in [-0.2, -0.15) is 0 Å². The van der Waals surface area contributed by atoms with Crippen LogP contribution >= 0.6 is 0 Å². The summed E-state index contributed by atoms with van der Waals surface area (Å²) < 4.78 is 5.59. The summed E-state index contributed by atoms with van der Waals surface area (Å²) in [6, 6.07) is 17.1. The highest BCUT2D eigenvalue weighted by Crippen LogP contribution is 2.12. The lowest BCUT2D eigenvalue weighted by molar-refractivity contribution is -0.123. The Kier molecular flexibility index (Phi) is 8.07. The summed E-state index contributed by atoms with van der Waals surface area (Å²) in [6.45, 7) is 1.90. The average Bonchev–Trinajstić information content (AvgIpc) is 2.77. The molecule has 1 atom stereocenters. The molecule has 1 fully saturated rings. The summed E-state index contributed by atoms with van der Waals surface area (Å²) in [6.07, 6.45) is 4.18. The van der Waals surface area contributed by atoms with E-state index in [0.29, 0.717) is 26.0 Å². The second-order valence-electron chi connectivity index (χ2n) is 7.23. The molecule has 2 amide bonds. The predicted octanol–water partition coefficient (Wildman–Crippen LogP) is 3.24. The van der Waals surface area contributed by atoms with Crippen molar-refractivity contribution in [2.75, 3.05) is 18.5 Å². The first-order valence-electron chi connectivity index (χ1n) is 10.3. The Morgan fingerprint density at radius 1 is 1.03 bits per heavy atom. The molecule has 29 heavy (non-hydrogen) atoms. The molecule has 0 aliphatic carbocycles. The van der Waals surface area contributed by atoms with Crippen LogP contribution in [0.2, 0.25) is 0 Å². The average molecular weight is 396 g/mol. The molecule has 6 heteroatoms. The number of amides is 2. The van der Waals surface area contributed by atoms with Gasteiger partial charge in [-0.15, -0.1) is 0 Å². The molecular weight excluding hydrogens is 366 g/mol. The highest BCUT2D eigenvalue weighted by Gasteiger charge is 2.19. The molecule has 3 N–H and O–H groups in total. The lowest BCUT2D eigenvalue weighted by Gasteiger charge is -2.22. The molecule has 1 aliphatic rings. The minimum Gasteiger partial charge on any atom is -0.494 e. The van der Waals surface area contributed by atoms with Gasteiger partial charge in [-0.25, -0.2) is 0 Å². The summed E-state index contributed by atoms with van der Waals surface area (Å²) in [5.41, 5.74) is 1.76. The Morgan fingerprint density at radius 2 is 1.83 bits per heavy atom. The number of rotatable bonds is 9. The van der Waals surface area contributed by atoms with Gasteiger partial charge in [0.1, 0.15) is 5.75 Å². The van der Waals surface area contributed by atoms with E-state index in [9.17, 15) is 9.59 Å². The molecule has 154 valence electrons. The second-order valence-corrected chi connectivity index (χ2v) is 7.23. The minimum absolute atomic E-state index is 0.0360. The number of carbonyl (C=O) groups excluding carboxylic acids is 2. The molecule has 0 aromatic heterocycles. The summed E-state index contributed by atoms with van der Waals surface area (Å²) in [7, 11) is 0. The van der Waals surface area contributed by atoms with Gasteiger partial charge in [0.2, 0.25) is 11.8 Å². The summed E-state index contributed by atoms with van der Waals surface area (Å²) >= 11 is 0. The molecule has 1 heterocycles. The van der Waals surface area contributed by atoms with Gasteiger partial charge in [-0.3, -0.25) is 9.59 Å². The molecule has 6 nitrogen and oxygen atoms in total. The molecule has 0 bridgehead atoms. The van der Waals surface area contributed by atoms with Crippen LogP contribution in [0.5, 0.6) is 5.75 Å². The third-order valence-electron chi connectivity index (χ3n) is 4.89. The minimum atomic E-state index is -0.0758. The van der Waals surface area contributed by atoms with E-state index in [1.165, 1.54) is 0 Å². The van der Waals surface area contributed by atoms with Crippen LogP contribution in [-0.4, -0.2) is 31.0 Å². The Labute approximate surface area is 172 Å². The zero-order chi connectivity index (χ0) is 20.3. The van der Waals surface area contributed by atoms with Gasteiger partial charge in [0.25, 0.3) is 0 Å². The lowest BCUT2D eigenvalue weighted by Crippen LogP contribution is -2.46. The SMILES string of the molecule is O=C(CCCOc1ccccc1)Nc1ccc(CNC(=O)C2CCCCN2)cc1. The summed E-state index contributed by atoms with van der Waals surface area (Å²) in [5, 5.41) is 9.11. The Balaban J connectivity index is 1.33. The second kappa shape index (κ2) is 11.2. The molecule has 1 aliphatic heterocycles. The zero-order valence-electron chi connectivity index (χ0n) is 16.7. The maximum absolute atomic E-state index is 12.2. The van der Waals surface area contributed by atoms with E-state index < -0.39 is 0 Å². The molecule has 1 unspecified atom stereocenters. The van der Waals surface area contributed by atoms with Crippen LogP contribution in [0, 0.1) is 0 Å². The van der Waals surface area contributed by atoms with Crippen molar-refractivity contribution in [3.05, 3.63) is 60.2 Å². The maximum atomic E-state index is 12.2.